The summed E-state index contributed by atoms with van der Waals surface area (Å²) < 4.78 is 12.0. The van der Waals surface area contributed by atoms with Gasteiger partial charge in [0.15, 0.2) is 0 Å². The third-order valence-electron chi connectivity index (χ3n) is 4.25. The second-order valence-electron chi connectivity index (χ2n) is 6.32. The van der Waals surface area contributed by atoms with E-state index in [9.17, 15) is 0 Å². The fraction of sp³-hybridized carbons (Fsp3) is 0.625. The van der Waals surface area contributed by atoms with E-state index in [4.69, 9.17) is 15.2 Å². The van der Waals surface area contributed by atoms with Crippen LogP contribution in [0.15, 0.2) is 18.2 Å². The van der Waals surface area contributed by atoms with E-state index in [2.05, 4.69) is 26.0 Å². The van der Waals surface area contributed by atoms with Gasteiger partial charge in [-0.25, -0.2) is 0 Å². The van der Waals surface area contributed by atoms with E-state index >= 15 is 0 Å². The molecule has 2 unspecified atom stereocenters. The van der Waals surface area contributed by atoms with Gasteiger partial charge >= 0.3 is 0 Å². The van der Waals surface area contributed by atoms with Gasteiger partial charge in [0.2, 0.25) is 0 Å². The molecule has 2 aliphatic rings. The molecule has 0 spiro atoms. The molecule has 1 heterocycles. The van der Waals surface area contributed by atoms with Crippen LogP contribution < -0.4 is 10.5 Å². The molecule has 0 saturated carbocycles. The van der Waals surface area contributed by atoms with Crippen LogP contribution in [0.25, 0.3) is 0 Å². The topological polar surface area (TPSA) is 44.5 Å². The first-order valence-corrected chi connectivity index (χ1v) is 7.23. The number of nitrogens with two attached hydrogens (primary N) is 1. The minimum absolute atomic E-state index is 0.00894. The Balaban J connectivity index is 1.65. The average molecular weight is 261 g/mol. The Bertz CT molecular complexity index is 470. The van der Waals surface area contributed by atoms with Crippen molar-refractivity contribution in [3.8, 4) is 5.75 Å². The van der Waals surface area contributed by atoms with E-state index in [0.29, 0.717) is 6.61 Å². The Hall–Kier alpha value is -1.06. The Morgan fingerprint density at radius 3 is 2.95 bits per heavy atom. The molecule has 0 aromatic heterocycles. The van der Waals surface area contributed by atoms with Crippen molar-refractivity contribution in [2.24, 2.45) is 5.73 Å². The molecule has 2 atom stereocenters. The highest BCUT2D eigenvalue weighted by atomic mass is 16.6. The number of hydrogen-bond acceptors (Lipinski definition) is 3. The van der Waals surface area contributed by atoms with Gasteiger partial charge in [-0.05, 0) is 56.7 Å². The lowest BCUT2D eigenvalue weighted by Gasteiger charge is -2.20. The van der Waals surface area contributed by atoms with Crippen molar-refractivity contribution in [3.05, 3.63) is 29.3 Å². The molecule has 1 aliphatic carbocycles. The molecule has 0 amide bonds. The van der Waals surface area contributed by atoms with Gasteiger partial charge in [0.1, 0.15) is 12.4 Å². The molecule has 1 saturated heterocycles. The van der Waals surface area contributed by atoms with Crippen LogP contribution >= 0.6 is 0 Å². The molecule has 1 aliphatic heterocycles. The maximum absolute atomic E-state index is 6.09. The van der Waals surface area contributed by atoms with E-state index in [1.807, 2.05) is 6.07 Å². The number of rotatable bonds is 3. The molecule has 0 bridgehead atoms. The van der Waals surface area contributed by atoms with E-state index in [1.54, 1.807) is 0 Å². The summed E-state index contributed by atoms with van der Waals surface area (Å²) in [4.78, 5) is 0. The first-order chi connectivity index (χ1) is 9.05. The van der Waals surface area contributed by atoms with Gasteiger partial charge in [-0.3, -0.25) is 0 Å². The Morgan fingerprint density at radius 2 is 2.21 bits per heavy atom. The molecule has 3 rings (SSSR count). The molecule has 19 heavy (non-hydrogen) atoms. The molecular formula is C16H23NO2. The predicted octanol–water partition coefficient (Wildman–Crippen LogP) is 2.97. The summed E-state index contributed by atoms with van der Waals surface area (Å²) in [6.07, 6.45) is 4.48. The average Bonchev–Trinajstić information content (AvgIpc) is 2.91. The first-order valence-electron chi connectivity index (χ1n) is 7.23. The van der Waals surface area contributed by atoms with Gasteiger partial charge in [0.05, 0.1) is 11.7 Å². The monoisotopic (exact) mass is 261 g/mol. The predicted molar refractivity (Wildman–Crippen MR) is 75.4 cm³/mol. The number of fused-ring (bicyclic) bond motifs is 1. The zero-order valence-corrected chi connectivity index (χ0v) is 11.8. The highest BCUT2D eigenvalue weighted by Crippen LogP contribution is 2.36. The molecule has 104 valence electrons. The third kappa shape index (κ3) is 2.63. The highest BCUT2D eigenvalue weighted by molar-refractivity contribution is 5.44. The molecule has 1 aromatic carbocycles. The molecule has 3 nitrogen and oxygen atoms in total. The standard InChI is InChI=1S/C16H23NO2/c1-16(2)9-8-11(19-16)10-18-15-5-3-4-12-13(15)6-7-14(12)17/h3-5,11,14H,6-10,17H2,1-2H3. The van der Waals surface area contributed by atoms with Gasteiger partial charge in [-0.1, -0.05) is 12.1 Å². The third-order valence-corrected chi connectivity index (χ3v) is 4.25. The minimum Gasteiger partial charge on any atom is -0.491 e. The first kappa shape index (κ1) is 12.9. The Morgan fingerprint density at radius 1 is 1.37 bits per heavy atom. The van der Waals surface area contributed by atoms with Crippen LogP contribution in [0.3, 0.4) is 0 Å². The summed E-state index contributed by atoms with van der Waals surface area (Å²) in [5.41, 5.74) is 8.65. The lowest BCUT2D eigenvalue weighted by molar-refractivity contribution is -0.0327. The van der Waals surface area contributed by atoms with Crippen molar-refractivity contribution in [1.82, 2.24) is 0 Å². The number of benzene rings is 1. The second kappa shape index (κ2) is 4.80. The van der Waals surface area contributed by atoms with Crippen LogP contribution in [0.2, 0.25) is 0 Å². The van der Waals surface area contributed by atoms with Crippen LogP contribution in [0.1, 0.15) is 50.3 Å². The van der Waals surface area contributed by atoms with Crippen LogP contribution in [0.4, 0.5) is 0 Å². The minimum atomic E-state index is 0.00894. The summed E-state index contributed by atoms with van der Waals surface area (Å²) >= 11 is 0. The fourth-order valence-electron chi connectivity index (χ4n) is 3.17. The van der Waals surface area contributed by atoms with Crippen molar-refractivity contribution < 1.29 is 9.47 Å². The van der Waals surface area contributed by atoms with Crippen molar-refractivity contribution in [2.75, 3.05) is 6.61 Å². The quantitative estimate of drug-likeness (QED) is 0.909. The molecular weight excluding hydrogens is 238 g/mol. The SMILES string of the molecule is CC1(C)CCC(COc2cccc3c2CCC3N)O1. The largest absolute Gasteiger partial charge is 0.491 e. The summed E-state index contributed by atoms with van der Waals surface area (Å²) in [5, 5.41) is 0. The van der Waals surface area contributed by atoms with E-state index < -0.39 is 0 Å². The zero-order valence-electron chi connectivity index (χ0n) is 11.8. The van der Waals surface area contributed by atoms with Crippen LogP contribution in [0.5, 0.6) is 5.75 Å². The zero-order chi connectivity index (χ0) is 13.5. The van der Waals surface area contributed by atoms with Crippen molar-refractivity contribution in [1.29, 1.82) is 0 Å². The molecule has 2 N–H and O–H groups in total. The fourth-order valence-corrected chi connectivity index (χ4v) is 3.17. The second-order valence-corrected chi connectivity index (χ2v) is 6.32. The van der Waals surface area contributed by atoms with E-state index in [-0.39, 0.29) is 17.7 Å². The number of hydrogen-bond donors (Lipinski definition) is 1. The lowest BCUT2D eigenvalue weighted by Crippen LogP contribution is -2.24. The Labute approximate surface area is 115 Å². The van der Waals surface area contributed by atoms with Gasteiger partial charge in [-0.2, -0.15) is 0 Å². The summed E-state index contributed by atoms with van der Waals surface area (Å²) in [6, 6.07) is 6.39. The van der Waals surface area contributed by atoms with Gasteiger partial charge < -0.3 is 15.2 Å². The summed E-state index contributed by atoms with van der Waals surface area (Å²) in [5.74, 6) is 0.999. The van der Waals surface area contributed by atoms with Crippen molar-refractivity contribution in [3.63, 3.8) is 0 Å². The van der Waals surface area contributed by atoms with Gasteiger partial charge in [0, 0.05) is 6.04 Å². The van der Waals surface area contributed by atoms with Crippen LogP contribution in [-0.2, 0) is 11.2 Å². The maximum atomic E-state index is 6.09. The van der Waals surface area contributed by atoms with Crippen molar-refractivity contribution >= 4 is 0 Å². The van der Waals surface area contributed by atoms with Crippen LogP contribution in [0, 0.1) is 0 Å². The smallest absolute Gasteiger partial charge is 0.122 e. The molecule has 1 fully saturated rings. The van der Waals surface area contributed by atoms with E-state index in [0.717, 1.165) is 31.4 Å². The Kier molecular flexibility index (Phi) is 3.27. The summed E-state index contributed by atoms with van der Waals surface area (Å²) in [6.45, 7) is 4.94. The van der Waals surface area contributed by atoms with Crippen molar-refractivity contribution in [2.45, 2.75) is 57.3 Å². The highest BCUT2D eigenvalue weighted by Gasteiger charge is 2.32. The molecule has 3 heteroatoms. The number of ether oxygens (including phenoxy) is 2. The normalized spacial score (nSPS) is 28.4. The van der Waals surface area contributed by atoms with Gasteiger partial charge in [0.25, 0.3) is 0 Å². The van der Waals surface area contributed by atoms with Crippen LogP contribution in [-0.4, -0.2) is 18.3 Å². The van der Waals surface area contributed by atoms with Gasteiger partial charge in [-0.15, -0.1) is 0 Å². The summed E-state index contributed by atoms with van der Waals surface area (Å²) in [7, 11) is 0. The molecule has 0 radical (unpaired) electrons. The lowest BCUT2D eigenvalue weighted by atomic mass is 10.1. The molecule has 1 aromatic rings. The maximum Gasteiger partial charge on any atom is 0.122 e. The van der Waals surface area contributed by atoms with E-state index in [1.165, 1.54) is 11.1 Å².